The Kier molecular flexibility index (Phi) is 5.27. The number of carbonyl (C=O) groups excluding carboxylic acids is 1. The van der Waals surface area contributed by atoms with Crippen molar-refractivity contribution in [2.24, 2.45) is 0 Å². The summed E-state index contributed by atoms with van der Waals surface area (Å²) < 4.78 is 0.354. The van der Waals surface area contributed by atoms with E-state index in [2.05, 4.69) is 21.2 Å². The van der Waals surface area contributed by atoms with Gasteiger partial charge in [-0.3, -0.25) is 4.79 Å². The Labute approximate surface area is 145 Å². The molecule has 0 bridgehead atoms. The standard InChI is InChI=1S/C16H10BrClN2O3/c17-13-6-9(7-14(18)15(13)22)5-10(8-19)16(23)20-11-1-3-12(21)4-2-11/h1-7,21-22H,(H,20,23). The summed E-state index contributed by atoms with van der Waals surface area (Å²) >= 11 is 8.99. The molecule has 1 amide bonds. The van der Waals surface area contributed by atoms with Crippen LogP contribution in [-0.4, -0.2) is 16.1 Å². The third-order valence-electron chi connectivity index (χ3n) is 2.84. The van der Waals surface area contributed by atoms with Crippen LogP contribution in [0.5, 0.6) is 11.5 Å². The van der Waals surface area contributed by atoms with Crippen LogP contribution in [-0.2, 0) is 4.79 Å². The molecule has 2 rings (SSSR count). The molecular formula is C16H10BrClN2O3. The lowest BCUT2D eigenvalue weighted by molar-refractivity contribution is -0.112. The summed E-state index contributed by atoms with van der Waals surface area (Å²) in [6.07, 6.45) is 1.35. The van der Waals surface area contributed by atoms with Gasteiger partial charge in [0.1, 0.15) is 23.1 Å². The molecule has 0 aromatic heterocycles. The van der Waals surface area contributed by atoms with Crippen molar-refractivity contribution < 1.29 is 15.0 Å². The molecule has 2 aromatic carbocycles. The topological polar surface area (TPSA) is 93.3 Å². The average Bonchev–Trinajstić information content (AvgIpc) is 2.52. The lowest BCUT2D eigenvalue weighted by Crippen LogP contribution is -2.13. The largest absolute Gasteiger partial charge is 0.508 e. The molecule has 0 aliphatic carbocycles. The van der Waals surface area contributed by atoms with Crippen LogP contribution in [0.1, 0.15) is 5.56 Å². The average molecular weight is 394 g/mol. The molecule has 2 aromatic rings. The number of phenols is 2. The number of benzene rings is 2. The molecule has 23 heavy (non-hydrogen) atoms. The van der Waals surface area contributed by atoms with Crippen molar-refractivity contribution in [3.05, 3.63) is 57.0 Å². The molecule has 7 heteroatoms. The van der Waals surface area contributed by atoms with Crippen LogP contribution in [0, 0.1) is 11.3 Å². The van der Waals surface area contributed by atoms with Crippen LogP contribution >= 0.6 is 27.5 Å². The zero-order valence-corrected chi connectivity index (χ0v) is 13.9. The van der Waals surface area contributed by atoms with Gasteiger partial charge in [0.25, 0.3) is 5.91 Å². The second kappa shape index (κ2) is 7.18. The minimum Gasteiger partial charge on any atom is -0.508 e. The van der Waals surface area contributed by atoms with Crippen molar-refractivity contribution >= 4 is 45.2 Å². The van der Waals surface area contributed by atoms with Gasteiger partial charge in [0.05, 0.1) is 9.50 Å². The number of carbonyl (C=O) groups is 1. The Morgan fingerprint density at radius 1 is 1.26 bits per heavy atom. The van der Waals surface area contributed by atoms with Gasteiger partial charge in [-0.1, -0.05) is 11.6 Å². The van der Waals surface area contributed by atoms with E-state index in [4.69, 9.17) is 16.9 Å². The minimum atomic E-state index is -0.599. The fourth-order valence-electron chi connectivity index (χ4n) is 1.73. The zero-order chi connectivity index (χ0) is 17.0. The quantitative estimate of drug-likeness (QED) is 0.416. The fourth-order valence-corrected chi connectivity index (χ4v) is 2.55. The second-order valence-electron chi connectivity index (χ2n) is 4.50. The van der Waals surface area contributed by atoms with Crippen LogP contribution < -0.4 is 5.32 Å². The van der Waals surface area contributed by atoms with E-state index < -0.39 is 5.91 Å². The summed E-state index contributed by atoms with van der Waals surface area (Å²) in [6.45, 7) is 0. The summed E-state index contributed by atoms with van der Waals surface area (Å²) in [5, 5.41) is 30.6. The highest BCUT2D eigenvalue weighted by Gasteiger charge is 2.11. The van der Waals surface area contributed by atoms with E-state index in [9.17, 15) is 15.0 Å². The van der Waals surface area contributed by atoms with E-state index in [0.717, 1.165) is 0 Å². The van der Waals surface area contributed by atoms with Crippen LogP contribution in [0.2, 0.25) is 5.02 Å². The van der Waals surface area contributed by atoms with Crippen molar-refractivity contribution in [3.63, 3.8) is 0 Å². The second-order valence-corrected chi connectivity index (χ2v) is 5.77. The number of hydrogen-bond acceptors (Lipinski definition) is 4. The maximum Gasteiger partial charge on any atom is 0.266 e. The molecule has 0 heterocycles. The first-order valence-corrected chi connectivity index (χ1v) is 7.48. The SMILES string of the molecule is N#CC(=Cc1cc(Cl)c(O)c(Br)c1)C(=O)Nc1ccc(O)cc1. The molecule has 0 unspecified atom stereocenters. The maximum atomic E-state index is 12.1. The third kappa shape index (κ3) is 4.25. The number of anilines is 1. The molecule has 3 N–H and O–H groups in total. The smallest absolute Gasteiger partial charge is 0.266 e. The van der Waals surface area contributed by atoms with E-state index in [1.807, 2.05) is 6.07 Å². The Hall–Kier alpha value is -2.49. The highest BCUT2D eigenvalue weighted by Crippen LogP contribution is 2.33. The molecule has 116 valence electrons. The summed E-state index contributed by atoms with van der Waals surface area (Å²) in [6, 6.07) is 10.6. The zero-order valence-electron chi connectivity index (χ0n) is 11.5. The number of hydrogen-bond donors (Lipinski definition) is 3. The fraction of sp³-hybridized carbons (Fsp3) is 0. The van der Waals surface area contributed by atoms with Gasteiger partial charge in [-0.2, -0.15) is 5.26 Å². The molecular weight excluding hydrogens is 384 g/mol. The van der Waals surface area contributed by atoms with Gasteiger partial charge in [-0.05, 0) is 64.0 Å². The first kappa shape index (κ1) is 16.9. The third-order valence-corrected chi connectivity index (χ3v) is 3.73. The Bertz CT molecular complexity index is 803. The maximum absolute atomic E-state index is 12.1. The van der Waals surface area contributed by atoms with Crippen molar-refractivity contribution in [2.75, 3.05) is 5.32 Å². The number of halogens is 2. The molecule has 0 aliphatic rings. The predicted molar refractivity (Wildman–Crippen MR) is 91.1 cm³/mol. The van der Waals surface area contributed by atoms with Crippen molar-refractivity contribution in [1.29, 1.82) is 5.26 Å². The van der Waals surface area contributed by atoms with Crippen LogP contribution in [0.15, 0.2) is 46.4 Å². The molecule has 0 fully saturated rings. The summed E-state index contributed by atoms with van der Waals surface area (Å²) in [5.41, 5.74) is 0.794. The van der Waals surface area contributed by atoms with Crippen LogP contribution in [0.4, 0.5) is 5.69 Å². The monoisotopic (exact) mass is 392 g/mol. The predicted octanol–water partition coefficient (Wildman–Crippen LogP) is 4.06. The number of phenolic OH excluding ortho intramolecular Hbond substituents is 2. The van der Waals surface area contributed by atoms with Gasteiger partial charge < -0.3 is 15.5 Å². The number of aromatic hydroxyl groups is 2. The van der Waals surface area contributed by atoms with Gasteiger partial charge >= 0.3 is 0 Å². The van der Waals surface area contributed by atoms with E-state index in [1.165, 1.54) is 42.5 Å². The minimum absolute atomic E-state index is 0.0719. The molecule has 0 atom stereocenters. The van der Waals surface area contributed by atoms with Crippen LogP contribution in [0.25, 0.3) is 6.08 Å². The highest BCUT2D eigenvalue weighted by atomic mass is 79.9. The van der Waals surface area contributed by atoms with E-state index in [0.29, 0.717) is 15.7 Å². The number of nitrogens with zero attached hydrogens (tertiary/aromatic N) is 1. The van der Waals surface area contributed by atoms with Crippen molar-refractivity contribution in [1.82, 2.24) is 0 Å². The lowest BCUT2D eigenvalue weighted by Gasteiger charge is -2.05. The van der Waals surface area contributed by atoms with Crippen molar-refractivity contribution in [2.45, 2.75) is 0 Å². The van der Waals surface area contributed by atoms with Gasteiger partial charge in [0.2, 0.25) is 0 Å². The first-order chi connectivity index (χ1) is 10.9. The number of nitrogens with one attached hydrogen (secondary N) is 1. The number of rotatable bonds is 3. The first-order valence-electron chi connectivity index (χ1n) is 6.31. The number of nitriles is 1. The highest BCUT2D eigenvalue weighted by molar-refractivity contribution is 9.10. The Morgan fingerprint density at radius 2 is 1.91 bits per heavy atom. The van der Waals surface area contributed by atoms with E-state index in [1.54, 1.807) is 0 Å². The summed E-state index contributed by atoms with van der Waals surface area (Å²) in [5.74, 6) is -0.642. The molecule has 0 aliphatic heterocycles. The molecule has 0 saturated heterocycles. The van der Waals surface area contributed by atoms with Gasteiger partial charge in [0.15, 0.2) is 0 Å². The Balaban J connectivity index is 2.26. The molecule has 0 spiro atoms. The van der Waals surface area contributed by atoms with Gasteiger partial charge in [-0.25, -0.2) is 0 Å². The number of amides is 1. The molecule has 0 saturated carbocycles. The van der Waals surface area contributed by atoms with Crippen molar-refractivity contribution in [3.8, 4) is 17.6 Å². The summed E-state index contributed by atoms with van der Waals surface area (Å²) in [4.78, 5) is 12.1. The summed E-state index contributed by atoms with van der Waals surface area (Å²) in [7, 11) is 0. The van der Waals surface area contributed by atoms with Crippen LogP contribution in [0.3, 0.4) is 0 Å². The normalized spacial score (nSPS) is 10.9. The lowest BCUT2D eigenvalue weighted by atomic mass is 10.1. The van der Waals surface area contributed by atoms with E-state index in [-0.39, 0.29) is 22.1 Å². The molecule has 5 nitrogen and oxygen atoms in total. The van der Waals surface area contributed by atoms with Gasteiger partial charge in [0, 0.05) is 5.69 Å². The Morgan fingerprint density at radius 3 is 2.48 bits per heavy atom. The van der Waals surface area contributed by atoms with Gasteiger partial charge in [-0.15, -0.1) is 0 Å². The molecule has 0 radical (unpaired) electrons. The van der Waals surface area contributed by atoms with E-state index >= 15 is 0 Å².